The molecule has 2 heteroatoms. The lowest BCUT2D eigenvalue weighted by molar-refractivity contribution is 0.0559. The standard InChI is InChI=1S/C16H26O2/c1-8-10(2)16(18-7)14-9-11(3)15(17-6)13(5)12(14)4/h9-10,16H,8H2,1-7H3. The highest BCUT2D eigenvalue weighted by molar-refractivity contribution is 5.49. The Hall–Kier alpha value is -1.02. The van der Waals surface area contributed by atoms with Gasteiger partial charge in [0.1, 0.15) is 5.75 Å². The third kappa shape index (κ3) is 2.69. The van der Waals surface area contributed by atoms with Gasteiger partial charge in [0.25, 0.3) is 0 Å². The SMILES string of the molecule is CCC(C)C(OC)c1cc(C)c(OC)c(C)c1C. The molecule has 0 fully saturated rings. The van der Waals surface area contributed by atoms with E-state index in [2.05, 4.69) is 40.7 Å². The van der Waals surface area contributed by atoms with Gasteiger partial charge in [-0.05, 0) is 55.0 Å². The zero-order chi connectivity index (χ0) is 13.9. The van der Waals surface area contributed by atoms with Gasteiger partial charge in [0.2, 0.25) is 0 Å². The molecular weight excluding hydrogens is 224 g/mol. The molecule has 2 nitrogen and oxygen atoms in total. The summed E-state index contributed by atoms with van der Waals surface area (Å²) in [6.45, 7) is 10.8. The quantitative estimate of drug-likeness (QED) is 0.773. The molecule has 2 unspecified atom stereocenters. The fourth-order valence-electron chi connectivity index (χ4n) is 2.58. The molecule has 1 aromatic carbocycles. The molecule has 0 aromatic heterocycles. The van der Waals surface area contributed by atoms with E-state index < -0.39 is 0 Å². The molecule has 0 amide bonds. The van der Waals surface area contributed by atoms with Crippen LogP contribution in [0.5, 0.6) is 5.75 Å². The highest BCUT2D eigenvalue weighted by Crippen LogP contribution is 2.36. The van der Waals surface area contributed by atoms with Crippen molar-refractivity contribution in [3.63, 3.8) is 0 Å². The van der Waals surface area contributed by atoms with Crippen molar-refractivity contribution < 1.29 is 9.47 Å². The highest BCUT2D eigenvalue weighted by Gasteiger charge is 2.22. The molecule has 1 aromatic rings. The largest absolute Gasteiger partial charge is 0.496 e. The molecule has 18 heavy (non-hydrogen) atoms. The fraction of sp³-hybridized carbons (Fsp3) is 0.625. The Morgan fingerprint density at radius 3 is 2.17 bits per heavy atom. The average Bonchev–Trinajstić information content (AvgIpc) is 2.36. The first-order valence-corrected chi connectivity index (χ1v) is 6.65. The van der Waals surface area contributed by atoms with E-state index in [4.69, 9.17) is 9.47 Å². The van der Waals surface area contributed by atoms with Gasteiger partial charge < -0.3 is 9.47 Å². The number of hydrogen-bond acceptors (Lipinski definition) is 2. The number of rotatable bonds is 5. The van der Waals surface area contributed by atoms with Crippen LogP contribution in [0.1, 0.15) is 48.6 Å². The van der Waals surface area contributed by atoms with E-state index in [0.29, 0.717) is 5.92 Å². The summed E-state index contributed by atoms with van der Waals surface area (Å²) in [5, 5.41) is 0. The second-order valence-corrected chi connectivity index (χ2v) is 5.11. The van der Waals surface area contributed by atoms with Crippen molar-refractivity contribution in [2.24, 2.45) is 5.92 Å². The van der Waals surface area contributed by atoms with Crippen LogP contribution in [0, 0.1) is 26.7 Å². The van der Waals surface area contributed by atoms with Crippen molar-refractivity contribution in [3.8, 4) is 5.75 Å². The first-order valence-electron chi connectivity index (χ1n) is 6.65. The van der Waals surface area contributed by atoms with Crippen molar-refractivity contribution >= 4 is 0 Å². The monoisotopic (exact) mass is 250 g/mol. The van der Waals surface area contributed by atoms with Gasteiger partial charge in [-0.1, -0.05) is 20.3 Å². The topological polar surface area (TPSA) is 18.5 Å². The summed E-state index contributed by atoms with van der Waals surface area (Å²) >= 11 is 0. The third-order valence-electron chi connectivity index (χ3n) is 3.99. The molecule has 0 aliphatic rings. The number of aryl methyl sites for hydroxylation is 1. The predicted octanol–water partition coefficient (Wildman–Crippen LogP) is 4.35. The van der Waals surface area contributed by atoms with Gasteiger partial charge >= 0.3 is 0 Å². The lowest BCUT2D eigenvalue weighted by Crippen LogP contribution is -2.14. The Labute approximate surface area is 111 Å². The van der Waals surface area contributed by atoms with E-state index >= 15 is 0 Å². The molecule has 0 aliphatic carbocycles. The molecule has 0 bridgehead atoms. The Morgan fingerprint density at radius 1 is 1.11 bits per heavy atom. The molecule has 0 radical (unpaired) electrons. The first kappa shape index (κ1) is 15.0. The smallest absolute Gasteiger partial charge is 0.124 e. The van der Waals surface area contributed by atoms with Crippen LogP contribution in [0.15, 0.2) is 6.07 Å². The van der Waals surface area contributed by atoms with Crippen LogP contribution >= 0.6 is 0 Å². The summed E-state index contributed by atoms with van der Waals surface area (Å²) in [6.07, 6.45) is 1.28. The molecule has 1 rings (SSSR count). The summed E-state index contributed by atoms with van der Waals surface area (Å²) < 4.78 is 11.2. The second kappa shape index (κ2) is 6.24. The summed E-state index contributed by atoms with van der Waals surface area (Å²) in [5.41, 5.74) is 4.98. The Bertz CT molecular complexity index is 410. The summed E-state index contributed by atoms with van der Waals surface area (Å²) in [6, 6.07) is 2.21. The minimum atomic E-state index is 0.165. The minimum Gasteiger partial charge on any atom is -0.496 e. The first-order chi connectivity index (χ1) is 8.47. The van der Waals surface area contributed by atoms with E-state index in [9.17, 15) is 0 Å². The van der Waals surface area contributed by atoms with Gasteiger partial charge in [-0.2, -0.15) is 0 Å². The molecule has 0 saturated carbocycles. The Balaban J connectivity index is 3.33. The van der Waals surface area contributed by atoms with E-state index in [0.717, 1.165) is 12.2 Å². The van der Waals surface area contributed by atoms with Gasteiger partial charge in [0, 0.05) is 7.11 Å². The van der Waals surface area contributed by atoms with Crippen molar-refractivity contribution in [1.82, 2.24) is 0 Å². The van der Waals surface area contributed by atoms with Crippen LogP contribution in [0.2, 0.25) is 0 Å². The fourth-order valence-corrected chi connectivity index (χ4v) is 2.58. The number of ether oxygens (including phenoxy) is 2. The maximum absolute atomic E-state index is 5.71. The molecule has 0 spiro atoms. The van der Waals surface area contributed by atoms with Gasteiger partial charge in [-0.25, -0.2) is 0 Å². The van der Waals surface area contributed by atoms with E-state index in [-0.39, 0.29) is 6.10 Å². The van der Waals surface area contributed by atoms with Crippen molar-refractivity contribution in [2.45, 2.75) is 47.1 Å². The van der Waals surface area contributed by atoms with Crippen LogP contribution < -0.4 is 4.74 Å². The molecular formula is C16H26O2. The second-order valence-electron chi connectivity index (χ2n) is 5.11. The van der Waals surface area contributed by atoms with E-state index in [1.165, 1.54) is 22.3 Å². The van der Waals surface area contributed by atoms with Crippen LogP contribution in [0.3, 0.4) is 0 Å². The third-order valence-corrected chi connectivity index (χ3v) is 3.99. The zero-order valence-corrected chi connectivity index (χ0v) is 12.8. The zero-order valence-electron chi connectivity index (χ0n) is 12.8. The number of benzene rings is 1. The lowest BCUT2D eigenvalue weighted by atomic mass is 9.88. The van der Waals surface area contributed by atoms with E-state index in [1.807, 2.05) is 0 Å². The highest BCUT2D eigenvalue weighted by atomic mass is 16.5. The van der Waals surface area contributed by atoms with Gasteiger partial charge in [0.15, 0.2) is 0 Å². The number of methoxy groups -OCH3 is 2. The molecule has 0 heterocycles. The normalized spacial score (nSPS) is 14.4. The van der Waals surface area contributed by atoms with Gasteiger partial charge in [-0.3, -0.25) is 0 Å². The summed E-state index contributed by atoms with van der Waals surface area (Å²) in [5.74, 6) is 1.51. The lowest BCUT2D eigenvalue weighted by Gasteiger charge is -2.26. The Kier molecular flexibility index (Phi) is 5.21. The molecule has 2 atom stereocenters. The van der Waals surface area contributed by atoms with E-state index in [1.54, 1.807) is 14.2 Å². The summed E-state index contributed by atoms with van der Waals surface area (Å²) in [4.78, 5) is 0. The predicted molar refractivity (Wildman–Crippen MR) is 76.4 cm³/mol. The van der Waals surface area contributed by atoms with Crippen molar-refractivity contribution in [1.29, 1.82) is 0 Å². The Morgan fingerprint density at radius 2 is 1.72 bits per heavy atom. The maximum atomic E-state index is 5.71. The van der Waals surface area contributed by atoms with Crippen LogP contribution in [-0.4, -0.2) is 14.2 Å². The van der Waals surface area contributed by atoms with Crippen LogP contribution in [0.25, 0.3) is 0 Å². The van der Waals surface area contributed by atoms with Gasteiger partial charge in [-0.15, -0.1) is 0 Å². The molecule has 0 saturated heterocycles. The van der Waals surface area contributed by atoms with Crippen molar-refractivity contribution in [2.75, 3.05) is 14.2 Å². The average molecular weight is 250 g/mol. The van der Waals surface area contributed by atoms with Crippen molar-refractivity contribution in [3.05, 3.63) is 28.3 Å². The summed E-state index contributed by atoms with van der Waals surface area (Å²) in [7, 11) is 3.53. The molecule has 0 N–H and O–H groups in total. The van der Waals surface area contributed by atoms with Gasteiger partial charge in [0.05, 0.1) is 13.2 Å². The maximum Gasteiger partial charge on any atom is 0.124 e. The van der Waals surface area contributed by atoms with Crippen LogP contribution in [0.4, 0.5) is 0 Å². The molecule has 0 aliphatic heterocycles. The minimum absolute atomic E-state index is 0.165. The number of hydrogen-bond donors (Lipinski definition) is 0. The molecule has 102 valence electrons. The van der Waals surface area contributed by atoms with Crippen LogP contribution in [-0.2, 0) is 4.74 Å².